The average Bonchev–Trinajstić information content (AvgIpc) is 2.72. The Bertz CT molecular complexity index is 922. The monoisotopic (exact) mass is 414 g/mol. The van der Waals surface area contributed by atoms with E-state index in [2.05, 4.69) is 5.32 Å². The van der Waals surface area contributed by atoms with Gasteiger partial charge in [0, 0.05) is 26.1 Å². The van der Waals surface area contributed by atoms with Crippen LogP contribution >= 0.6 is 0 Å². The van der Waals surface area contributed by atoms with Gasteiger partial charge in [0.05, 0.1) is 4.90 Å². The molecule has 2 aromatic carbocycles. The Kier molecular flexibility index (Phi) is 7.09. The molecule has 29 heavy (non-hydrogen) atoms. The first-order chi connectivity index (χ1) is 13.8. The first-order valence-corrected chi connectivity index (χ1v) is 11.7. The molecule has 0 radical (unpaired) electrons. The van der Waals surface area contributed by atoms with Crippen LogP contribution in [0.1, 0.15) is 42.4 Å². The molecule has 6 heteroatoms. The molecule has 3 rings (SSSR count). The van der Waals surface area contributed by atoms with Gasteiger partial charge >= 0.3 is 0 Å². The Hall–Kier alpha value is -2.18. The van der Waals surface area contributed by atoms with Gasteiger partial charge in [0.2, 0.25) is 15.9 Å². The van der Waals surface area contributed by atoms with Gasteiger partial charge in [-0.3, -0.25) is 4.79 Å². The zero-order chi connectivity index (χ0) is 20.9. The lowest BCUT2D eigenvalue weighted by Crippen LogP contribution is -2.40. The van der Waals surface area contributed by atoms with Crippen molar-refractivity contribution in [2.45, 2.75) is 51.0 Å². The second kappa shape index (κ2) is 9.55. The van der Waals surface area contributed by atoms with E-state index < -0.39 is 10.0 Å². The predicted molar refractivity (Wildman–Crippen MR) is 115 cm³/mol. The third kappa shape index (κ3) is 5.90. The van der Waals surface area contributed by atoms with Crippen molar-refractivity contribution in [3.05, 3.63) is 65.2 Å². The van der Waals surface area contributed by atoms with Gasteiger partial charge in [0.15, 0.2) is 0 Å². The standard InChI is InChI=1S/C23H30N2O3S/c1-18-5-9-20(10-6-18)16-24-23(26)14-11-21-4-3-15-25(17-21)29(27,28)22-12-7-19(2)8-13-22/h5-10,12-13,21H,3-4,11,14-17H2,1-2H3,(H,24,26). The van der Waals surface area contributed by atoms with Crippen LogP contribution in [0.5, 0.6) is 0 Å². The number of aryl methyl sites for hydroxylation is 2. The maximum atomic E-state index is 12.9. The summed E-state index contributed by atoms with van der Waals surface area (Å²) in [7, 11) is -3.47. The largest absolute Gasteiger partial charge is 0.352 e. The van der Waals surface area contributed by atoms with Gasteiger partial charge in [-0.2, -0.15) is 4.31 Å². The number of hydrogen-bond donors (Lipinski definition) is 1. The van der Waals surface area contributed by atoms with Crippen molar-refractivity contribution < 1.29 is 13.2 Å². The van der Waals surface area contributed by atoms with Crippen LogP contribution in [0.25, 0.3) is 0 Å². The molecular weight excluding hydrogens is 384 g/mol. The Morgan fingerprint density at radius 1 is 1.03 bits per heavy atom. The molecule has 1 saturated heterocycles. The smallest absolute Gasteiger partial charge is 0.243 e. The van der Waals surface area contributed by atoms with Crippen LogP contribution in [-0.4, -0.2) is 31.7 Å². The molecule has 0 aliphatic carbocycles. The molecule has 1 fully saturated rings. The van der Waals surface area contributed by atoms with Crippen LogP contribution in [0.15, 0.2) is 53.4 Å². The fourth-order valence-electron chi connectivity index (χ4n) is 3.67. The molecule has 1 atom stereocenters. The molecule has 1 aliphatic rings. The molecule has 0 spiro atoms. The number of sulfonamides is 1. The van der Waals surface area contributed by atoms with E-state index in [9.17, 15) is 13.2 Å². The molecule has 0 aromatic heterocycles. The molecule has 1 amide bonds. The molecular formula is C23H30N2O3S. The maximum Gasteiger partial charge on any atom is 0.243 e. The summed E-state index contributed by atoms with van der Waals surface area (Å²) in [4.78, 5) is 12.6. The highest BCUT2D eigenvalue weighted by atomic mass is 32.2. The van der Waals surface area contributed by atoms with E-state index in [1.54, 1.807) is 16.4 Å². The molecule has 0 bridgehead atoms. The van der Waals surface area contributed by atoms with E-state index in [1.807, 2.05) is 50.2 Å². The molecule has 1 N–H and O–H groups in total. The minimum absolute atomic E-state index is 0.0177. The van der Waals surface area contributed by atoms with Gasteiger partial charge in [-0.25, -0.2) is 8.42 Å². The summed E-state index contributed by atoms with van der Waals surface area (Å²) in [5.74, 6) is 0.234. The first kappa shape index (κ1) is 21.5. The quantitative estimate of drug-likeness (QED) is 0.749. The van der Waals surface area contributed by atoms with Crippen LogP contribution in [0, 0.1) is 19.8 Å². The minimum atomic E-state index is -3.47. The Balaban J connectivity index is 1.49. The third-order valence-electron chi connectivity index (χ3n) is 5.53. The minimum Gasteiger partial charge on any atom is -0.352 e. The predicted octanol–water partition coefficient (Wildman–Crippen LogP) is 3.80. The Morgan fingerprint density at radius 2 is 1.66 bits per heavy atom. The highest BCUT2D eigenvalue weighted by Gasteiger charge is 2.30. The van der Waals surface area contributed by atoms with E-state index in [0.717, 1.165) is 24.0 Å². The molecule has 156 valence electrons. The van der Waals surface area contributed by atoms with E-state index >= 15 is 0 Å². The topological polar surface area (TPSA) is 66.5 Å². The van der Waals surface area contributed by atoms with Gasteiger partial charge in [-0.1, -0.05) is 47.5 Å². The number of benzene rings is 2. The highest BCUT2D eigenvalue weighted by Crippen LogP contribution is 2.26. The van der Waals surface area contributed by atoms with Gasteiger partial charge in [0.1, 0.15) is 0 Å². The van der Waals surface area contributed by atoms with E-state index in [4.69, 9.17) is 0 Å². The van der Waals surface area contributed by atoms with Crippen molar-refractivity contribution in [1.82, 2.24) is 9.62 Å². The summed E-state index contributed by atoms with van der Waals surface area (Å²) in [6.07, 6.45) is 2.93. The van der Waals surface area contributed by atoms with Crippen molar-refractivity contribution in [3.8, 4) is 0 Å². The second-order valence-corrected chi connectivity index (χ2v) is 9.92. The summed E-state index contributed by atoms with van der Waals surface area (Å²) in [6.45, 7) is 5.54. The summed E-state index contributed by atoms with van der Waals surface area (Å²) < 4.78 is 27.4. The van der Waals surface area contributed by atoms with E-state index in [-0.39, 0.29) is 11.8 Å². The number of rotatable bonds is 7. The molecule has 0 saturated carbocycles. The molecule has 5 nitrogen and oxygen atoms in total. The fourth-order valence-corrected chi connectivity index (χ4v) is 5.22. The van der Waals surface area contributed by atoms with Crippen molar-refractivity contribution in [2.75, 3.05) is 13.1 Å². The highest BCUT2D eigenvalue weighted by molar-refractivity contribution is 7.89. The number of amides is 1. The van der Waals surface area contributed by atoms with Crippen LogP contribution in [0.3, 0.4) is 0 Å². The van der Waals surface area contributed by atoms with Crippen molar-refractivity contribution in [1.29, 1.82) is 0 Å². The van der Waals surface area contributed by atoms with E-state index in [1.165, 1.54) is 5.56 Å². The third-order valence-corrected chi connectivity index (χ3v) is 7.41. The fraction of sp³-hybridized carbons (Fsp3) is 0.435. The second-order valence-electron chi connectivity index (χ2n) is 7.99. The Labute approximate surface area is 174 Å². The molecule has 1 aliphatic heterocycles. The number of nitrogens with one attached hydrogen (secondary N) is 1. The van der Waals surface area contributed by atoms with E-state index in [0.29, 0.717) is 37.4 Å². The van der Waals surface area contributed by atoms with Gasteiger partial charge < -0.3 is 5.32 Å². The number of hydrogen-bond acceptors (Lipinski definition) is 3. The summed E-state index contributed by atoms with van der Waals surface area (Å²) in [5, 5.41) is 2.96. The van der Waals surface area contributed by atoms with Crippen molar-refractivity contribution in [3.63, 3.8) is 0 Å². The lowest BCUT2D eigenvalue weighted by molar-refractivity contribution is -0.121. The van der Waals surface area contributed by atoms with Crippen LogP contribution in [0.2, 0.25) is 0 Å². The lowest BCUT2D eigenvalue weighted by atomic mass is 9.94. The first-order valence-electron chi connectivity index (χ1n) is 10.2. The molecule has 2 aromatic rings. The summed E-state index contributed by atoms with van der Waals surface area (Å²) >= 11 is 0. The lowest BCUT2D eigenvalue weighted by Gasteiger charge is -2.32. The van der Waals surface area contributed by atoms with Gasteiger partial charge in [-0.15, -0.1) is 0 Å². The van der Waals surface area contributed by atoms with Crippen molar-refractivity contribution in [2.24, 2.45) is 5.92 Å². The maximum absolute atomic E-state index is 12.9. The molecule has 1 heterocycles. The van der Waals surface area contributed by atoms with Gasteiger partial charge in [0.25, 0.3) is 0 Å². The Morgan fingerprint density at radius 3 is 2.31 bits per heavy atom. The number of carbonyl (C=O) groups is 1. The van der Waals surface area contributed by atoms with Gasteiger partial charge in [-0.05, 0) is 56.7 Å². The number of piperidine rings is 1. The SMILES string of the molecule is Cc1ccc(CNC(=O)CCC2CCCN(S(=O)(=O)c3ccc(C)cc3)C2)cc1. The zero-order valence-corrected chi connectivity index (χ0v) is 18.0. The summed E-state index contributed by atoms with van der Waals surface area (Å²) in [6, 6.07) is 15.1. The number of carbonyl (C=O) groups excluding carboxylic acids is 1. The molecule has 1 unspecified atom stereocenters. The van der Waals surface area contributed by atoms with Crippen LogP contribution in [-0.2, 0) is 21.4 Å². The summed E-state index contributed by atoms with van der Waals surface area (Å²) in [5.41, 5.74) is 3.32. The van der Waals surface area contributed by atoms with Crippen LogP contribution < -0.4 is 5.32 Å². The normalized spacial score (nSPS) is 17.8. The average molecular weight is 415 g/mol. The van der Waals surface area contributed by atoms with Crippen LogP contribution in [0.4, 0.5) is 0 Å². The van der Waals surface area contributed by atoms with Crippen molar-refractivity contribution >= 4 is 15.9 Å². The number of nitrogens with zero attached hydrogens (tertiary/aromatic N) is 1. The zero-order valence-electron chi connectivity index (χ0n) is 17.2.